The summed E-state index contributed by atoms with van der Waals surface area (Å²) in [6.07, 6.45) is 4.84. The molecule has 1 aliphatic rings. The van der Waals surface area contributed by atoms with Crippen molar-refractivity contribution in [2.75, 3.05) is 0 Å². The fraction of sp³-hybridized carbons (Fsp3) is 0.200. The highest BCUT2D eigenvalue weighted by Crippen LogP contribution is 2.31. The second-order valence-corrected chi connectivity index (χ2v) is 4.83. The molecular formula is C15H12N2O3. The molecule has 1 unspecified atom stereocenters. The van der Waals surface area contributed by atoms with Crippen molar-refractivity contribution in [3.05, 3.63) is 41.7 Å². The first-order valence-electron chi connectivity index (χ1n) is 6.35. The van der Waals surface area contributed by atoms with Gasteiger partial charge in [-0.05, 0) is 35.6 Å². The molecule has 0 radical (unpaired) electrons. The minimum Gasteiger partial charge on any atom is -0.298 e. The first-order valence-corrected chi connectivity index (χ1v) is 6.35. The Morgan fingerprint density at radius 3 is 2.90 bits per heavy atom. The Labute approximate surface area is 115 Å². The van der Waals surface area contributed by atoms with Crippen LogP contribution in [0, 0.1) is 0 Å². The lowest BCUT2D eigenvalue weighted by Crippen LogP contribution is -2.39. The van der Waals surface area contributed by atoms with E-state index in [1.807, 2.05) is 6.07 Å². The van der Waals surface area contributed by atoms with E-state index in [2.05, 4.69) is 10.3 Å². The van der Waals surface area contributed by atoms with Gasteiger partial charge in [0, 0.05) is 29.8 Å². The van der Waals surface area contributed by atoms with Crippen molar-refractivity contribution in [1.29, 1.82) is 0 Å². The average Bonchev–Trinajstić information content (AvgIpc) is 2.46. The first kappa shape index (κ1) is 12.5. The molecule has 2 heterocycles. The molecule has 1 N–H and O–H groups in total. The normalized spacial score (nSPS) is 18.9. The zero-order chi connectivity index (χ0) is 14.1. The number of hydrogen-bond donors (Lipinski definition) is 1. The third kappa shape index (κ3) is 2.07. The summed E-state index contributed by atoms with van der Waals surface area (Å²) >= 11 is 0. The second-order valence-electron chi connectivity index (χ2n) is 4.83. The number of amides is 2. The molecule has 0 spiro atoms. The number of hydrogen-bond acceptors (Lipinski definition) is 4. The van der Waals surface area contributed by atoms with Gasteiger partial charge >= 0.3 is 0 Å². The largest absolute Gasteiger partial charge is 0.298 e. The van der Waals surface area contributed by atoms with E-state index in [9.17, 15) is 14.4 Å². The van der Waals surface area contributed by atoms with Gasteiger partial charge in [-0.3, -0.25) is 24.7 Å². The van der Waals surface area contributed by atoms with Crippen LogP contribution in [0.15, 0.2) is 30.6 Å². The molecule has 1 aromatic carbocycles. The highest BCUT2D eigenvalue weighted by atomic mass is 16.2. The second kappa shape index (κ2) is 4.85. The summed E-state index contributed by atoms with van der Waals surface area (Å²) < 4.78 is 0. The molecule has 1 aromatic heterocycles. The molecule has 2 amide bonds. The average molecular weight is 268 g/mol. The highest BCUT2D eigenvalue weighted by Gasteiger charge is 2.29. The van der Waals surface area contributed by atoms with Crippen molar-refractivity contribution < 1.29 is 14.4 Å². The van der Waals surface area contributed by atoms with Gasteiger partial charge in [-0.2, -0.15) is 0 Å². The quantitative estimate of drug-likeness (QED) is 0.662. The summed E-state index contributed by atoms with van der Waals surface area (Å²) in [6.45, 7) is 0. The van der Waals surface area contributed by atoms with E-state index in [1.54, 1.807) is 24.5 Å². The summed E-state index contributed by atoms with van der Waals surface area (Å²) in [5.41, 5.74) is 1.28. The van der Waals surface area contributed by atoms with Gasteiger partial charge < -0.3 is 0 Å². The van der Waals surface area contributed by atoms with Gasteiger partial charge in [0.05, 0.1) is 5.92 Å². The molecule has 1 fully saturated rings. The van der Waals surface area contributed by atoms with Crippen molar-refractivity contribution in [3.8, 4) is 0 Å². The van der Waals surface area contributed by atoms with Crippen LogP contribution in [0.1, 0.15) is 34.7 Å². The number of piperidine rings is 1. The smallest absolute Gasteiger partial charge is 0.234 e. The maximum atomic E-state index is 12.0. The highest BCUT2D eigenvalue weighted by molar-refractivity contribution is 6.03. The number of fused-ring (bicyclic) bond motifs is 1. The van der Waals surface area contributed by atoms with Crippen molar-refractivity contribution >= 4 is 28.9 Å². The molecule has 5 heteroatoms. The summed E-state index contributed by atoms with van der Waals surface area (Å²) in [6, 6.07) is 5.28. The summed E-state index contributed by atoms with van der Waals surface area (Å²) in [5.74, 6) is -0.955. The Morgan fingerprint density at radius 1 is 1.30 bits per heavy atom. The van der Waals surface area contributed by atoms with Gasteiger partial charge in [0.2, 0.25) is 11.8 Å². The van der Waals surface area contributed by atoms with Crippen LogP contribution in [-0.4, -0.2) is 23.1 Å². The fourth-order valence-electron chi connectivity index (χ4n) is 2.61. The third-order valence-electron chi connectivity index (χ3n) is 3.56. The van der Waals surface area contributed by atoms with E-state index >= 15 is 0 Å². The minimum absolute atomic E-state index is 0.247. The number of benzene rings is 1. The Kier molecular flexibility index (Phi) is 3.02. The van der Waals surface area contributed by atoms with E-state index in [-0.39, 0.29) is 11.8 Å². The molecule has 3 rings (SSSR count). The molecule has 1 atom stereocenters. The number of pyridine rings is 1. The van der Waals surface area contributed by atoms with Crippen molar-refractivity contribution in [1.82, 2.24) is 10.3 Å². The van der Waals surface area contributed by atoms with Gasteiger partial charge in [-0.15, -0.1) is 0 Å². The van der Waals surface area contributed by atoms with Crippen LogP contribution in [0.2, 0.25) is 0 Å². The number of nitrogens with one attached hydrogen (secondary N) is 1. The van der Waals surface area contributed by atoms with Crippen molar-refractivity contribution in [2.45, 2.75) is 18.8 Å². The maximum absolute atomic E-state index is 12.0. The van der Waals surface area contributed by atoms with Gasteiger partial charge in [-0.1, -0.05) is 0 Å². The SMILES string of the molecule is O=Cc1cc(C2CCC(=O)NC2=O)c2ccncc2c1. The van der Waals surface area contributed by atoms with Crippen molar-refractivity contribution in [2.24, 2.45) is 0 Å². The van der Waals surface area contributed by atoms with Crippen LogP contribution < -0.4 is 5.32 Å². The molecule has 0 saturated carbocycles. The summed E-state index contributed by atoms with van der Waals surface area (Å²) in [7, 11) is 0. The molecule has 2 aromatic rings. The Bertz CT molecular complexity index is 724. The van der Waals surface area contributed by atoms with Crippen molar-refractivity contribution in [3.63, 3.8) is 0 Å². The third-order valence-corrected chi connectivity index (χ3v) is 3.56. The number of aromatic nitrogens is 1. The lowest BCUT2D eigenvalue weighted by Gasteiger charge is -2.22. The number of rotatable bonds is 2. The molecule has 1 aliphatic heterocycles. The Morgan fingerprint density at radius 2 is 2.15 bits per heavy atom. The monoisotopic (exact) mass is 268 g/mol. The fourth-order valence-corrected chi connectivity index (χ4v) is 2.61. The number of carbonyl (C=O) groups is 3. The predicted molar refractivity (Wildman–Crippen MR) is 72.3 cm³/mol. The van der Waals surface area contributed by atoms with E-state index in [0.29, 0.717) is 18.4 Å². The molecule has 100 valence electrons. The molecule has 20 heavy (non-hydrogen) atoms. The van der Waals surface area contributed by atoms with Gasteiger partial charge in [0.25, 0.3) is 0 Å². The molecular weight excluding hydrogens is 256 g/mol. The van der Waals surface area contributed by atoms with Crippen LogP contribution in [-0.2, 0) is 9.59 Å². The zero-order valence-electron chi connectivity index (χ0n) is 10.6. The maximum Gasteiger partial charge on any atom is 0.234 e. The summed E-state index contributed by atoms with van der Waals surface area (Å²) in [5, 5.41) is 4.05. The van der Waals surface area contributed by atoms with Gasteiger partial charge in [0.15, 0.2) is 0 Å². The van der Waals surface area contributed by atoms with E-state index in [1.165, 1.54) is 0 Å². The van der Waals surface area contributed by atoms with Crippen LogP contribution in [0.25, 0.3) is 10.8 Å². The number of carbonyl (C=O) groups excluding carboxylic acids is 3. The van der Waals surface area contributed by atoms with Crippen LogP contribution in [0.3, 0.4) is 0 Å². The summed E-state index contributed by atoms with van der Waals surface area (Å²) in [4.78, 5) is 38.3. The number of aldehydes is 1. The van der Waals surface area contributed by atoms with Crippen LogP contribution in [0.5, 0.6) is 0 Å². The Balaban J connectivity index is 2.16. The predicted octanol–water partition coefficient (Wildman–Crippen LogP) is 1.57. The molecule has 1 saturated heterocycles. The minimum atomic E-state index is -0.405. The Hall–Kier alpha value is -2.56. The number of nitrogens with zero attached hydrogens (tertiary/aromatic N) is 1. The van der Waals surface area contributed by atoms with Gasteiger partial charge in [0.1, 0.15) is 6.29 Å². The molecule has 0 aliphatic carbocycles. The molecule has 5 nitrogen and oxygen atoms in total. The zero-order valence-corrected chi connectivity index (χ0v) is 10.6. The van der Waals surface area contributed by atoms with Crippen LogP contribution >= 0.6 is 0 Å². The van der Waals surface area contributed by atoms with Crippen LogP contribution in [0.4, 0.5) is 0 Å². The first-order chi connectivity index (χ1) is 9.69. The number of imide groups is 1. The van der Waals surface area contributed by atoms with E-state index in [4.69, 9.17) is 0 Å². The van der Waals surface area contributed by atoms with E-state index in [0.717, 1.165) is 22.6 Å². The lowest BCUT2D eigenvalue weighted by molar-refractivity contribution is -0.134. The standard InChI is InChI=1S/C15H12N2O3/c18-8-9-5-10-7-16-4-3-11(10)13(6-9)12-1-2-14(19)17-15(12)20/h3-8,12H,1-2H2,(H,17,19,20). The van der Waals surface area contributed by atoms with E-state index < -0.39 is 5.92 Å². The van der Waals surface area contributed by atoms with Gasteiger partial charge in [-0.25, -0.2) is 0 Å². The topological polar surface area (TPSA) is 76.1 Å². The molecule has 0 bridgehead atoms. The lowest BCUT2D eigenvalue weighted by atomic mass is 9.86.